The minimum absolute atomic E-state index is 0.870. The minimum Gasteiger partial charge on any atom is -0.330 e. The number of rotatable bonds is 10. The van der Waals surface area contributed by atoms with Crippen LogP contribution in [-0.2, 0) is 0 Å². The van der Waals surface area contributed by atoms with E-state index in [2.05, 4.69) is 20.4 Å². The van der Waals surface area contributed by atoms with Gasteiger partial charge in [-0.3, -0.25) is 0 Å². The maximum Gasteiger partial charge on any atom is -0.00773 e. The van der Waals surface area contributed by atoms with Gasteiger partial charge in [-0.05, 0) is 19.4 Å². The largest absolute Gasteiger partial charge is 0.330 e. The summed E-state index contributed by atoms with van der Waals surface area (Å²) in [6, 6.07) is 0. The topological polar surface area (TPSA) is 26.0 Å². The average molecular weight is 227 g/mol. The Labute approximate surface area is 104 Å². The van der Waals surface area contributed by atoms with Crippen LogP contribution in [0.3, 0.4) is 0 Å². The highest BCUT2D eigenvalue weighted by molar-refractivity contribution is 4.63. The van der Waals surface area contributed by atoms with E-state index < -0.39 is 0 Å². The van der Waals surface area contributed by atoms with Gasteiger partial charge in [-0.2, -0.15) is 0 Å². The molecule has 0 saturated heterocycles. The van der Waals surface area contributed by atoms with Gasteiger partial charge in [0.25, 0.3) is 0 Å². The molecule has 0 aromatic heterocycles. The molecular formula is C15H33N. The van der Waals surface area contributed by atoms with E-state index in [1.807, 2.05) is 6.08 Å². The molecule has 0 radical (unpaired) electrons. The van der Waals surface area contributed by atoms with E-state index in [9.17, 15) is 0 Å². The van der Waals surface area contributed by atoms with Gasteiger partial charge in [0, 0.05) is 0 Å². The van der Waals surface area contributed by atoms with Crippen LogP contribution >= 0.6 is 0 Å². The Morgan fingerprint density at radius 1 is 0.812 bits per heavy atom. The Balaban J connectivity index is 0. The summed E-state index contributed by atoms with van der Waals surface area (Å²) < 4.78 is 0. The van der Waals surface area contributed by atoms with E-state index in [1.54, 1.807) is 0 Å². The van der Waals surface area contributed by atoms with Gasteiger partial charge < -0.3 is 5.73 Å². The first-order valence-corrected chi connectivity index (χ1v) is 7.14. The molecule has 0 bridgehead atoms. The van der Waals surface area contributed by atoms with Crippen molar-refractivity contribution in [2.45, 2.75) is 78.1 Å². The summed E-state index contributed by atoms with van der Waals surface area (Å²) in [6.45, 7) is 8.82. The van der Waals surface area contributed by atoms with Crippen LogP contribution in [0, 0.1) is 0 Å². The molecule has 0 fully saturated rings. The van der Waals surface area contributed by atoms with Crippen LogP contribution in [0.2, 0.25) is 0 Å². The van der Waals surface area contributed by atoms with Gasteiger partial charge in [-0.1, -0.05) is 71.3 Å². The summed E-state index contributed by atoms with van der Waals surface area (Å²) in [6.07, 6.45) is 15.3. The Morgan fingerprint density at radius 3 is 1.62 bits per heavy atom. The third-order valence-corrected chi connectivity index (χ3v) is 2.55. The highest BCUT2D eigenvalue weighted by Crippen LogP contribution is 2.07. The highest BCUT2D eigenvalue weighted by atomic mass is 14.5. The van der Waals surface area contributed by atoms with E-state index in [1.165, 1.54) is 57.8 Å². The molecule has 1 nitrogen and oxygen atoms in total. The molecular weight excluding hydrogens is 194 g/mol. The Kier molecular flexibility index (Phi) is 22.8. The maximum absolute atomic E-state index is 5.39. The molecule has 0 aliphatic carbocycles. The van der Waals surface area contributed by atoms with Crippen LogP contribution in [0.5, 0.6) is 0 Å². The smallest absolute Gasteiger partial charge is 0.00773 e. The first-order valence-electron chi connectivity index (χ1n) is 7.14. The van der Waals surface area contributed by atoms with Crippen molar-refractivity contribution < 1.29 is 0 Å². The third-order valence-electron chi connectivity index (χ3n) is 2.55. The van der Waals surface area contributed by atoms with Gasteiger partial charge in [0.15, 0.2) is 0 Å². The second-order valence-corrected chi connectivity index (χ2v) is 4.34. The molecule has 0 aliphatic rings. The molecule has 2 N–H and O–H groups in total. The van der Waals surface area contributed by atoms with E-state index in [0.717, 1.165) is 13.0 Å². The number of hydrogen-bond acceptors (Lipinski definition) is 1. The molecule has 0 aromatic rings. The quantitative estimate of drug-likeness (QED) is 0.410. The summed E-state index contributed by atoms with van der Waals surface area (Å²) in [5, 5.41) is 0. The monoisotopic (exact) mass is 227 g/mol. The standard InChI is InChI=1S/C10H23N.C5H10/c1-2-3-4-5-6-7-8-9-10-11;1-3-5-4-2/h2-11H2,1H3;3H,1,4-5H2,2H3. The summed E-state index contributed by atoms with van der Waals surface area (Å²) in [7, 11) is 0. The number of hydrogen-bond donors (Lipinski definition) is 1. The number of nitrogens with two attached hydrogens (primary N) is 1. The zero-order valence-electron chi connectivity index (χ0n) is 11.6. The molecule has 0 heterocycles. The van der Waals surface area contributed by atoms with Crippen LogP contribution < -0.4 is 5.73 Å². The third kappa shape index (κ3) is 23.5. The van der Waals surface area contributed by atoms with Crippen LogP contribution in [0.15, 0.2) is 12.7 Å². The molecule has 0 unspecified atom stereocenters. The van der Waals surface area contributed by atoms with Crippen LogP contribution in [0.4, 0.5) is 0 Å². The molecule has 0 atom stereocenters. The van der Waals surface area contributed by atoms with Gasteiger partial charge in [0.2, 0.25) is 0 Å². The molecule has 0 rings (SSSR count). The van der Waals surface area contributed by atoms with Crippen molar-refractivity contribution in [1.82, 2.24) is 0 Å². The van der Waals surface area contributed by atoms with Crippen molar-refractivity contribution in [3.8, 4) is 0 Å². The lowest BCUT2D eigenvalue weighted by Gasteiger charge is -1.99. The molecule has 1 heteroatoms. The van der Waals surface area contributed by atoms with Gasteiger partial charge in [-0.15, -0.1) is 6.58 Å². The normalized spacial score (nSPS) is 9.44. The Hall–Kier alpha value is -0.300. The molecule has 0 aromatic carbocycles. The van der Waals surface area contributed by atoms with Crippen LogP contribution in [0.1, 0.15) is 78.1 Å². The summed E-state index contributed by atoms with van der Waals surface area (Å²) in [4.78, 5) is 0. The fraction of sp³-hybridized carbons (Fsp3) is 0.867. The lowest BCUT2D eigenvalue weighted by molar-refractivity contribution is 0.578. The average Bonchev–Trinajstić information content (AvgIpc) is 2.30. The van der Waals surface area contributed by atoms with Crippen LogP contribution in [-0.4, -0.2) is 6.54 Å². The summed E-state index contributed by atoms with van der Waals surface area (Å²) >= 11 is 0. The molecule has 0 aliphatic heterocycles. The highest BCUT2D eigenvalue weighted by Gasteiger charge is 1.89. The zero-order valence-corrected chi connectivity index (χ0v) is 11.6. The minimum atomic E-state index is 0.870. The Bertz CT molecular complexity index is 102. The van der Waals surface area contributed by atoms with Crippen molar-refractivity contribution in [1.29, 1.82) is 0 Å². The second kappa shape index (κ2) is 20.2. The summed E-state index contributed by atoms with van der Waals surface area (Å²) in [5.41, 5.74) is 5.39. The Morgan fingerprint density at radius 2 is 1.31 bits per heavy atom. The predicted octanol–water partition coefficient (Wildman–Crippen LogP) is 5.06. The van der Waals surface area contributed by atoms with Gasteiger partial charge in [-0.25, -0.2) is 0 Å². The lowest BCUT2D eigenvalue weighted by Crippen LogP contribution is -1.97. The zero-order chi connectivity index (χ0) is 12.5. The maximum atomic E-state index is 5.39. The number of unbranched alkanes of at least 4 members (excludes halogenated alkanes) is 8. The molecule has 0 amide bonds. The number of allylic oxidation sites excluding steroid dienone is 1. The second-order valence-electron chi connectivity index (χ2n) is 4.34. The molecule has 0 spiro atoms. The first kappa shape index (κ1) is 18.1. The van der Waals surface area contributed by atoms with E-state index in [-0.39, 0.29) is 0 Å². The first-order chi connectivity index (χ1) is 7.83. The van der Waals surface area contributed by atoms with Crippen molar-refractivity contribution >= 4 is 0 Å². The summed E-state index contributed by atoms with van der Waals surface area (Å²) in [5.74, 6) is 0. The van der Waals surface area contributed by atoms with Crippen molar-refractivity contribution in [3.05, 3.63) is 12.7 Å². The van der Waals surface area contributed by atoms with Crippen LogP contribution in [0.25, 0.3) is 0 Å². The van der Waals surface area contributed by atoms with Crippen molar-refractivity contribution in [2.24, 2.45) is 5.73 Å². The van der Waals surface area contributed by atoms with Crippen molar-refractivity contribution in [2.75, 3.05) is 6.54 Å². The predicted molar refractivity (Wildman–Crippen MR) is 76.8 cm³/mol. The van der Waals surface area contributed by atoms with Crippen molar-refractivity contribution in [3.63, 3.8) is 0 Å². The van der Waals surface area contributed by atoms with E-state index in [0.29, 0.717) is 0 Å². The fourth-order valence-electron chi connectivity index (χ4n) is 1.48. The lowest BCUT2D eigenvalue weighted by atomic mass is 10.1. The molecule has 0 saturated carbocycles. The van der Waals surface area contributed by atoms with E-state index in [4.69, 9.17) is 5.73 Å². The molecule has 98 valence electrons. The van der Waals surface area contributed by atoms with Gasteiger partial charge in [0.1, 0.15) is 0 Å². The van der Waals surface area contributed by atoms with Gasteiger partial charge in [0.05, 0.1) is 0 Å². The van der Waals surface area contributed by atoms with E-state index >= 15 is 0 Å². The SMILES string of the molecule is C=CCCC.CCCCCCCCCCN. The molecule has 16 heavy (non-hydrogen) atoms. The van der Waals surface area contributed by atoms with Gasteiger partial charge >= 0.3 is 0 Å². The fourth-order valence-corrected chi connectivity index (χ4v) is 1.48.